The Labute approximate surface area is 124 Å². The normalized spacial score (nSPS) is 42.0. The van der Waals surface area contributed by atoms with Crippen molar-refractivity contribution in [2.75, 3.05) is 13.7 Å². The molecule has 3 nitrogen and oxygen atoms in total. The van der Waals surface area contributed by atoms with E-state index in [1.165, 1.54) is 64.3 Å². The van der Waals surface area contributed by atoms with Gasteiger partial charge in [-0.1, -0.05) is 13.3 Å². The minimum Gasteiger partial charge on any atom is -0.381 e. The third-order valence-electron chi connectivity index (χ3n) is 5.83. The average molecular weight is 280 g/mol. The zero-order valence-corrected chi connectivity index (χ0v) is 13.3. The van der Waals surface area contributed by atoms with Crippen molar-refractivity contribution >= 4 is 0 Å². The van der Waals surface area contributed by atoms with E-state index in [1.54, 1.807) is 0 Å². The molecule has 1 saturated carbocycles. The van der Waals surface area contributed by atoms with Gasteiger partial charge in [-0.25, -0.2) is 0 Å². The number of fused-ring (bicyclic) bond motifs is 2. The summed E-state index contributed by atoms with van der Waals surface area (Å²) in [6.45, 7) is 3.46. The molecule has 3 heteroatoms. The molecule has 116 valence electrons. The van der Waals surface area contributed by atoms with Gasteiger partial charge in [0.2, 0.25) is 0 Å². The minimum absolute atomic E-state index is 0.525. The van der Waals surface area contributed by atoms with Gasteiger partial charge in [-0.3, -0.25) is 4.90 Å². The lowest BCUT2D eigenvalue weighted by atomic mass is 9.80. The zero-order chi connectivity index (χ0) is 13.9. The highest BCUT2D eigenvalue weighted by Crippen LogP contribution is 2.40. The quantitative estimate of drug-likeness (QED) is 0.838. The maximum Gasteiger partial charge on any atom is 0.0586 e. The smallest absolute Gasteiger partial charge is 0.0586 e. The maximum atomic E-state index is 5.59. The number of rotatable bonds is 5. The van der Waals surface area contributed by atoms with Crippen LogP contribution in [-0.2, 0) is 4.74 Å². The summed E-state index contributed by atoms with van der Waals surface area (Å²) in [5, 5.41) is 3.78. The van der Waals surface area contributed by atoms with Crippen molar-refractivity contribution in [2.24, 2.45) is 0 Å². The first-order valence-corrected chi connectivity index (χ1v) is 8.85. The van der Waals surface area contributed by atoms with Crippen molar-refractivity contribution in [2.45, 2.75) is 95.0 Å². The topological polar surface area (TPSA) is 24.5 Å². The summed E-state index contributed by atoms with van der Waals surface area (Å²) in [4.78, 5) is 2.92. The summed E-state index contributed by atoms with van der Waals surface area (Å²) in [6.07, 6.45) is 12.8. The van der Waals surface area contributed by atoms with E-state index in [9.17, 15) is 0 Å². The molecule has 4 atom stereocenters. The summed E-state index contributed by atoms with van der Waals surface area (Å²) < 4.78 is 5.59. The lowest BCUT2D eigenvalue weighted by Crippen LogP contribution is -2.59. The molecule has 0 radical (unpaired) electrons. The van der Waals surface area contributed by atoms with E-state index in [1.807, 2.05) is 7.11 Å². The summed E-state index contributed by atoms with van der Waals surface area (Å²) in [5.74, 6) is 0. The maximum absolute atomic E-state index is 5.59. The van der Waals surface area contributed by atoms with E-state index in [2.05, 4.69) is 17.1 Å². The van der Waals surface area contributed by atoms with Crippen molar-refractivity contribution < 1.29 is 4.74 Å². The Morgan fingerprint density at radius 3 is 2.30 bits per heavy atom. The van der Waals surface area contributed by atoms with Crippen molar-refractivity contribution in [1.82, 2.24) is 10.2 Å². The zero-order valence-electron chi connectivity index (χ0n) is 13.3. The molecule has 2 bridgehead atoms. The molecule has 20 heavy (non-hydrogen) atoms. The molecule has 2 aliphatic heterocycles. The number of piperidine rings is 2. The molecule has 0 amide bonds. The predicted molar refractivity (Wildman–Crippen MR) is 83.0 cm³/mol. The molecular formula is C17H32N2O. The molecular weight excluding hydrogens is 248 g/mol. The highest BCUT2D eigenvalue weighted by atomic mass is 16.5. The first-order chi connectivity index (χ1) is 9.81. The Morgan fingerprint density at radius 1 is 1.00 bits per heavy atom. The second kappa shape index (κ2) is 6.76. The van der Waals surface area contributed by atoms with Gasteiger partial charge in [0.1, 0.15) is 0 Å². The van der Waals surface area contributed by atoms with Gasteiger partial charge in [0.05, 0.1) is 6.10 Å². The van der Waals surface area contributed by atoms with Crippen LogP contribution in [-0.4, -0.2) is 48.8 Å². The van der Waals surface area contributed by atoms with Crippen LogP contribution < -0.4 is 5.32 Å². The van der Waals surface area contributed by atoms with E-state index in [0.29, 0.717) is 6.10 Å². The van der Waals surface area contributed by atoms with Crippen molar-refractivity contribution in [3.05, 3.63) is 0 Å². The van der Waals surface area contributed by atoms with Crippen LogP contribution in [0.15, 0.2) is 0 Å². The van der Waals surface area contributed by atoms with Crippen LogP contribution in [0, 0.1) is 0 Å². The fourth-order valence-electron chi connectivity index (χ4n) is 4.93. The lowest BCUT2D eigenvalue weighted by molar-refractivity contribution is -0.0141. The van der Waals surface area contributed by atoms with Gasteiger partial charge < -0.3 is 10.1 Å². The first-order valence-electron chi connectivity index (χ1n) is 8.85. The van der Waals surface area contributed by atoms with E-state index in [0.717, 1.165) is 24.2 Å². The molecule has 1 N–H and O–H groups in total. The molecule has 3 aliphatic rings. The summed E-state index contributed by atoms with van der Waals surface area (Å²) in [5.41, 5.74) is 0. The molecule has 2 saturated heterocycles. The molecule has 4 unspecified atom stereocenters. The third-order valence-corrected chi connectivity index (χ3v) is 5.83. The molecule has 0 aromatic carbocycles. The fraction of sp³-hybridized carbons (Fsp3) is 1.00. The van der Waals surface area contributed by atoms with Crippen LogP contribution in [0.25, 0.3) is 0 Å². The Balaban J connectivity index is 1.61. The molecule has 2 heterocycles. The lowest BCUT2D eigenvalue weighted by Gasteiger charge is -2.52. The van der Waals surface area contributed by atoms with Gasteiger partial charge in [-0.05, 0) is 57.9 Å². The van der Waals surface area contributed by atoms with Crippen LogP contribution in [0.4, 0.5) is 0 Å². The number of nitrogens with one attached hydrogen (secondary N) is 1. The molecule has 0 aromatic rings. The van der Waals surface area contributed by atoms with Gasteiger partial charge >= 0.3 is 0 Å². The Kier molecular flexibility index (Phi) is 5.00. The van der Waals surface area contributed by atoms with Crippen molar-refractivity contribution in [3.63, 3.8) is 0 Å². The van der Waals surface area contributed by atoms with Gasteiger partial charge in [-0.15, -0.1) is 0 Å². The second-order valence-electron chi connectivity index (χ2n) is 7.13. The summed E-state index contributed by atoms with van der Waals surface area (Å²) in [7, 11) is 1.88. The molecule has 0 spiro atoms. The Hall–Kier alpha value is -0.120. The van der Waals surface area contributed by atoms with Crippen LogP contribution in [0.3, 0.4) is 0 Å². The predicted octanol–water partition coefficient (Wildman–Crippen LogP) is 2.94. The van der Waals surface area contributed by atoms with E-state index in [-0.39, 0.29) is 0 Å². The van der Waals surface area contributed by atoms with Gasteiger partial charge in [0, 0.05) is 31.3 Å². The molecule has 1 aliphatic carbocycles. The van der Waals surface area contributed by atoms with E-state index < -0.39 is 0 Å². The van der Waals surface area contributed by atoms with Crippen molar-refractivity contribution in [1.29, 1.82) is 0 Å². The van der Waals surface area contributed by atoms with E-state index >= 15 is 0 Å². The standard InChI is InChI=1S/C17H32N2O/c1-3-9-18-13-10-14-5-4-6-15(11-13)19(14)16-7-8-17(12-16)20-2/h13-18H,3-12H2,1-2H3. The summed E-state index contributed by atoms with van der Waals surface area (Å²) in [6, 6.07) is 3.28. The summed E-state index contributed by atoms with van der Waals surface area (Å²) >= 11 is 0. The van der Waals surface area contributed by atoms with Crippen LogP contribution in [0.2, 0.25) is 0 Å². The fourth-order valence-corrected chi connectivity index (χ4v) is 4.93. The molecule has 3 fully saturated rings. The largest absolute Gasteiger partial charge is 0.381 e. The number of hydrogen-bond acceptors (Lipinski definition) is 3. The average Bonchev–Trinajstić information content (AvgIpc) is 2.92. The van der Waals surface area contributed by atoms with Crippen LogP contribution >= 0.6 is 0 Å². The third kappa shape index (κ3) is 3.05. The van der Waals surface area contributed by atoms with E-state index in [4.69, 9.17) is 4.74 Å². The molecule has 3 rings (SSSR count). The number of hydrogen-bond donors (Lipinski definition) is 1. The van der Waals surface area contributed by atoms with Crippen LogP contribution in [0.5, 0.6) is 0 Å². The monoisotopic (exact) mass is 280 g/mol. The highest BCUT2D eigenvalue weighted by molar-refractivity contribution is 4.99. The van der Waals surface area contributed by atoms with Gasteiger partial charge in [-0.2, -0.15) is 0 Å². The highest BCUT2D eigenvalue weighted by Gasteiger charge is 2.43. The molecule has 0 aromatic heterocycles. The van der Waals surface area contributed by atoms with Crippen molar-refractivity contribution in [3.8, 4) is 0 Å². The Morgan fingerprint density at radius 2 is 1.70 bits per heavy atom. The van der Waals surface area contributed by atoms with Gasteiger partial charge in [0.15, 0.2) is 0 Å². The van der Waals surface area contributed by atoms with Crippen LogP contribution in [0.1, 0.15) is 64.7 Å². The number of ether oxygens (including phenoxy) is 1. The number of methoxy groups -OCH3 is 1. The first kappa shape index (κ1) is 14.8. The van der Waals surface area contributed by atoms with Gasteiger partial charge in [0.25, 0.3) is 0 Å². The number of nitrogens with zero attached hydrogens (tertiary/aromatic N) is 1. The minimum atomic E-state index is 0.525. The second-order valence-corrected chi connectivity index (χ2v) is 7.13. The Bertz CT molecular complexity index is 295. The SMILES string of the molecule is CCCNC1CC2CCCC(C1)N2C1CCC(OC)C1.